The maximum atomic E-state index is 13.1. The van der Waals surface area contributed by atoms with Gasteiger partial charge in [0, 0.05) is 7.11 Å². The first-order valence-electron chi connectivity index (χ1n) is 8.88. The topological polar surface area (TPSA) is 91.2 Å². The number of nitrogens with one attached hydrogen (secondary N) is 1. The van der Waals surface area contributed by atoms with Crippen LogP contribution in [-0.4, -0.2) is 51.7 Å². The number of anilines is 1. The van der Waals surface area contributed by atoms with Crippen LogP contribution < -0.4 is 10.1 Å². The number of benzene rings is 1. The molecule has 0 saturated heterocycles. The van der Waals surface area contributed by atoms with Crippen molar-refractivity contribution in [1.82, 2.24) is 20.2 Å². The van der Waals surface area contributed by atoms with Gasteiger partial charge in [-0.1, -0.05) is 11.8 Å². The van der Waals surface area contributed by atoms with Gasteiger partial charge in [0.1, 0.15) is 12.4 Å². The van der Waals surface area contributed by atoms with Crippen molar-refractivity contribution in [2.75, 3.05) is 25.6 Å². The van der Waals surface area contributed by atoms with E-state index in [0.29, 0.717) is 5.16 Å². The van der Waals surface area contributed by atoms with Crippen LogP contribution in [0, 0.1) is 0 Å². The average molecular weight is 431 g/mol. The molecule has 1 aliphatic rings. The van der Waals surface area contributed by atoms with E-state index in [2.05, 4.69) is 20.8 Å². The number of carbonyl (C=O) groups is 1. The maximum absolute atomic E-state index is 13.1. The molecule has 1 amide bonds. The van der Waals surface area contributed by atoms with E-state index in [1.165, 1.54) is 13.2 Å². The van der Waals surface area contributed by atoms with Gasteiger partial charge in [0.05, 0.1) is 29.1 Å². The van der Waals surface area contributed by atoms with Crippen LogP contribution in [0.5, 0.6) is 5.75 Å². The van der Waals surface area contributed by atoms with Gasteiger partial charge in [-0.3, -0.25) is 4.79 Å². The van der Waals surface area contributed by atoms with Crippen LogP contribution in [0.1, 0.15) is 31.4 Å². The molecule has 158 valence electrons. The van der Waals surface area contributed by atoms with Crippen molar-refractivity contribution in [3.8, 4) is 5.75 Å². The van der Waals surface area contributed by atoms with Gasteiger partial charge in [-0.05, 0) is 48.4 Å². The quantitative estimate of drug-likeness (QED) is 0.482. The van der Waals surface area contributed by atoms with Crippen LogP contribution >= 0.6 is 11.8 Å². The lowest BCUT2D eigenvalue weighted by Gasteiger charge is -2.17. The zero-order valence-electron chi connectivity index (χ0n) is 15.8. The molecule has 1 heterocycles. The van der Waals surface area contributed by atoms with Gasteiger partial charge in [-0.15, -0.1) is 5.10 Å². The number of rotatable bonds is 9. The Morgan fingerprint density at radius 3 is 2.79 bits per heavy atom. The largest absolute Gasteiger partial charge is 0.489 e. The monoisotopic (exact) mass is 431 g/mol. The first kappa shape index (κ1) is 21.4. The van der Waals surface area contributed by atoms with Crippen molar-refractivity contribution in [1.29, 1.82) is 0 Å². The Hall–Kier alpha value is -2.34. The summed E-state index contributed by atoms with van der Waals surface area (Å²) >= 11 is 1.14. The molecule has 0 spiro atoms. The highest BCUT2D eigenvalue weighted by Gasteiger charge is 2.32. The zero-order chi connectivity index (χ0) is 21.0. The van der Waals surface area contributed by atoms with Gasteiger partial charge in [-0.25, -0.2) is 4.68 Å². The lowest BCUT2D eigenvalue weighted by atomic mass is 10.1. The van der Waals surface area contributed by atoms with Crippen molar-refractivity contribution < 1.29 is 27.4 Å². The number of tetrazole rings is 1. The molecular formula is C17H20F3N5O3S. The number of thioether (sulfide) groups is 1. The minimum atomic E-state index is -4.54. The van der Waals surface area contributed by atoms with E-state index in [1.807, 2.05) is 0 Å². The molecule has 1 N–H and O–H groups in total. The highest BCUT2D eigenvalue weighted by atomic mass is 32.2. The van der Waals surface area contributed by atoms with Crippen molar-refractivity contribution in [3.63, 3.8) is 0 Å². The van der Waals surface area contributed by atoms with E-state index in [9.17, 15) is 18.0 Å². The SMILES string of the molecule is COCCOc1ccc(C(F)(F)F)cc1NC(=O)C(C)Sc1nnnn1C1CC1. The standard InChI is InChI=1S/C17H20F3N5O3S/c1-10(29-16-22-23-24-25(16)12-4-5-12)15(26)21-13-9-11(17(18,19)20)3-6-14(13)28-8-7-27-2/h3,6,9-10,12H,4-5,7-8H2,1-2H3,(H,21,26). The van der Waals surface area contributed by atoms with Crippen molar-refractivity contribution in [2.24, 2.45) is 0 Å². The third kappa shape index (κ3) is 5.60. The van der Waals surface area contributed by atoms with Crippen LogP contribution in [0.25, 0.3) is 0 Å². The van der Waals surface area contributed by atoms with Crippen molar-refractivity contribution in [2.45, 2.75) is 42.4 Å². The zero-order valence-corrected chi connectivity index (χ0v) is 16.6. The summed E-state index contributed by atoms with van der Waals surface area (Å²) in [5.74, 6) is -0.361. The molecule has 0 aliphatic heterocycles. The van der Waals surface area contributed by atoms with Crippen LogP contribution in [0.3, 0.4) is 0 Å². The Morgan fingerprint density at radius 1 is 1.38 bits per heavy atom. The van der Waals surface area contributed by atoms with Gasteiger partial charge >= 0.3 is 6.18 Å². The minimum absolute atomic E-state index is 0.0600. The van der Waals surface area contributed by atoms with E-state index in [1.54, 1.807) is 11.6 Å². The van der Waals surface area contributed by atoms with Gasteiger partial charge in [0.2, 0.25) is 11.1 Å². The first-order valence-corrected chi connectivity index (χ1v) is 9.76. The summed E-state index contributed by atoms with van der Waals surface area (Å²) in [6.07, 6.45) is -2.59. The molecule has 1 aliphatic carbocycles. The highest BCUT2D eigenvalue weighted by Crippen LogP contribution is 2.38. The third-order valence-corrected chi connectivity index (χ3v) is 5.16. The molecule has 1 aromatic heterocycles. The Morgan fingerprint density at radius 2 is 2.14 bits per heavy atom. The molecule has 29 heavy (non-hydrogen) atoms. The predicted molar refractivity (Wildman–Crippen MR) is 98.9 cm³/mol. The molecule has 3 rings (SSSR count). The van der Waals surface area contributed by atoms with E-state index >= 15 is 0 Å². The summed E-state index contributed by atoms with van der Waals surface area (Å²) < 4.78 is 51.2. The number of halogens is 3. The molecule has 1 aromatic carbocycles. The Labute approximate surface area is 169 Å². The number of ether oxygens (including phenoxy) is 2. The molecule has 0 radical (unpaired) electrons. The van der Waals surface area contributed by atoms with Crippen LogP contribution in [0.15, 0.2) is 23.4 Å². The van der Waals surface area contributed by atoms with Gasteiger partial charge in [-0.2, -0.15) is 13.2 Å². The number of amides is 1. The van der Waals surface area contributed by atoms with E-state index in [0.717, 1.165) is 36.7 Å². The molecule has 1 fully saturated rings. The van der Waals surface area contributed by atoms with Gasteiger partial charge < -0.3 is 14.8 Å². The number of alkyl halides is 3. The van der Waals surface area contributed by atoms with E-state index < -0.39 is 22.9 Å². The summed E-state index contributed by atoms with van der Waals surface area (Å²) in [7, 11) is 1.48. The molecule has 1 unspecified atom stereocenters. The smallest absolute Gasteiger partial charge is 0.416 e. The molecule has 2 aromatic rings. The lowest BCUT2D eigenvalue weighted by molar-refractivity contribution is -0.137. The van der Waals surface area contributed by atoms with Crippen LogP contribution in [-0.2, 0) is 15.7 Å². The van der Waals surface area contributed by atoms with Gasteiger partial charge in [0.15, 0.2) is 0 Å². The Balaban J connectivity index is 1.73. The minimum Gasteiger partial charge on any atom is -0.489 e. The summed E-state index contributed by atoms with van der Waals surface area (Å²) in [4.78, 5) is 12.6. The number of nitrogens with zero attached hydrogens (tertiary/aromatic N) is 4. The highest BCUT2D eigenvalue weighted by molar-refractivity contribution is 8.00. The molecule has 8 nitrogen and oxygen atoms in total. The Bertz CT molecular complexity index is 857. The number of hydrogen-bond donors (Lipinski definition) is 1. The molecule has 1 atom stereocenters. The first-order chi connectivity index (χ1) is 13.8. The summed E-state index contributed by atoms with van der Waals surface area (Å²) in [6.45, 7) is 2.01. The van der Waals surface area contributed by atoms with Crippen LogP contribution in [0.2, 0.25) is 0 Å². The number of aromatic nitrogens is 4. The summed E-state index contributed by atoms with van der Waals surface area (Å²) in [5, 5.41) is 13.8. The lowest BCUT2D eigenvalue weighted by Crippen LogP contribution is -2.24. The number of carbonyl (C=O) groups excluding carboxylic acids is 1. The van der Waals surface area contributed by atoms with E-state index in [4.69, 9.17) is 9.47 Å². The number of hydrogen-bond acceptors (Lipinski definition) is 7. The molecule has 1 saturated carbocycles. The summed E-state index contributed by atoms with van der Waals surface area (Å²) in [5.41, 5.74) is -0.944. The van der Waals surface area contributed by atoms with E-state index in [-0.39, 0.29) is 30.7 Å². The second-order valence-electron chi connectivity index (χ2n) is 6.44. The summed E-state index contributed by atoms with van der Waals surface area (Å²) in [6, 6.07) is 3.18. The molecule has 0 bridgehead atoms. The fraction of sp³-hybridized carbons (Fsp3) is 0.529. The number of methoxy groups -OCH3 is 1. The van der Waals surface area contributed by atoms with Crippen molar-refractivity contribution in [3.05, 3.63) is 23.8 Å². The fourth-order valence-corrected chi connectivity index (χ4v) is 3.28. The van der Waals surface area contributed by atoms with Crippen LogP contribution in [0.4, 0.5) is 18.9 Å². The van der Waals surface area contributed by atoms with Gasteiger partial charge in [0.25, 0.3) is 0 Å². The second-order valence-corrected chi connectivity index (χ2v) is 7.74. The third-order valence-electron chi connectivity index (χ3n) is 4.12. The second kappa shape index (κ2) is 8.99. The molecular weight excluding hydrogens is 411 g/mol. The molecule has 12 heteroatoms. The van der Waals surface area contributed by atoms with Crippen molar-refractivity contribution >= 4 is 23.4 Å². The average Bonchev–Trinajstić information content (AvgIpc) is 3.41. The Kier molecular flexibility index (Phi) is 6.63. The predicted octanol–water partition coefficient (Wildman–Crippen LogP) is 3.17. The fourth-order valence-electron chi connectivity index (χ4n) is 2.42. The maximum Gasteiger partial charge on any atom is 0.416 e. The normalized spacial score (nSPS) is 15.2.